The summed E-state index contributed by atoms with van der Waals surface area (Å²) in [5.41, 5.74) is 11.7. The van der Waals surface area contributed by atoms with Crippen molar-refractivity contribution in [2.24, 2.45) is 21.1 Å². The average molecular weight is 397 g/mol. The van der Waals surface area contributed by atoms with Gasteiger partial charge in [0.25, 0.3) is 0 Å². The van der Waals surface area contributed by atoms with Gasteiger partial charge in [0, 0.05) is 19.8 Å². The second kappa shape index (κ2) is 14.0. The maximum Gasteiger partial charge on any atom is 1.00 e. The quantitative estimate of drug-likeness (QED) is 0.192. The fraction of sp³-hybridized carbons (Fsp3) is 0.500. The molecule has 1 aromatic rings. The molecule has 1 aromatic carbocycles. The van der Waals surface area contributed by atoms with Gasteiger partial charge in [0.2, 0.25) is 10.3 Å². The van der Waals surface area contributed by atoms with Crippen LogP contribution in [0.1, 0.15) is 19.3 Å². The molecule has 142 valence electrons. The van der Waals surface area contributed by atoms with Crippen LogP contribution < -0.4 is 45.9 Å². The van der Waals surface area contributed by atoms with Crippen molar-refractivity contribution in [3.63, 3.8) is 0 Å². The monoisotopic (exact) mass is 397 g/mol. The van der Waals surface area contributed by atoms with Crippen molar-refractivity contribution in [1.82, 2.24) is 0 Å². The van der Waals surface area contributed by atoms with Crippen LogP contribution in [-0.2, 0) is 15.1 Å². The minimum absolute atomic E-state index is 0. The second-order valence-electron chi connectivity index (χ2n) is 5.25. The molecule has 0 aliphatic carbocycles. The molecule has 0 spiro atoms. The third kappa shape index (κ3) is 14.1. The fourth-order valence-corrected chi connectivity index (χ4v) is 1.74. The summed E-state index contributed by atoms with van der Waals surface area (Å²) in [6.07, 6.45) is 2.16. The topological polar surface area (TPSA) is 174 Å². The SMILES string of the molecule is CN(C)c1ccc(/N=N/S(=O)(=O)[O-])cc1.NCCCC[C@H](N)C(=O)O.[Na+]. The largest absolute Gasteiger partial charge is 1.00 e. The summed E-state index contributed by atoms with van der Waals surface area (Å²) in [5.74, 6) is -0.933. The first-order valence-electron chi connectivity index (χ1n) is 7.41. The summed E-state index contributed by atoms with van der Waals surface area (Å²) in [6.45, 7) is 0.604. The van der Waals surface area contributed by atoms with E-state index in [-0.39, 0.29) is 29.6 Å². The number of carboxylic acid groups (broad SMARTS) is 1. The van der Waals surface area contributed by atoms with Crippen LogP contribution in [0.25, 0.3) is 0 Å². The first-order chi connectivity index (χ1) is 11.6. The van der Waals surface area contributed by atoms with Gasteiger partial charge in [0.15, 0.2) is 0 Å². The Balaban J connectivity index is 0. The van der Waals surface area contributed by atoms with Crippen LogP contribution >= 0.6 is 0 Å². The van der Waals surface area contributed by atoms with E-state index >= 15 is 0 Å². The summed E-state index contributed by atoms with van der Waals surface area (Å²) in [7, 11) is -0.904. The number of carbonyl (C=O) groups is 1. The first-order valence-corrected chi connectivity index (χ1v) is 8.78. The van der Waals surface area contributed by atoms with Crippen molar-refractivity contribution in [2.75, 3.05) is 25.5 Å². The molecule has 0 fully saturated rings. The Bertz CT molecular complexity index is 652. The molecule has 0 heterocycles. The zero-order chi connectivity index (χ0) is 19.5. The number of benzene rings is 1. The number of hydrogen-bond donors (Lipinski definition) is 3. The van der Waals surface area contributed by atoms with Crippen LogP contribution in [0.5, 0.6) is 0 Å². The Labute approximate surface area is 175 Å². The molecular formula is C14H24N5NaO5S. The number of nitrogens with zero attached hydrogens (tertiary/aromatic N) is 3. The number of carboxylic acids is 1. The molecule has 0 radical (unpaired) electrons. The minimum Gasteiger partial charge on any atom is -0.728 e. The number of anilines is 1. The zero-order valence-corrected chi connectivity index (χ0v) is 18.0. The van der Waals surface area contributed by atoms with Crippen LogP contribution in [0.2, 0.25) is 0 Å². The molecule has 5 N–H and O–H groups in total. The van der Waals surface area contributed by atoms with E-state index in [9.17, 15) is 17.8 Å². The molecule has 0 aliphatic heterocycles. The molecule has 0 amide bonds. The van der Waals surface area contributed by atoms with Crippen molar-refractivity contribution in [2.45, 2.75) is 25.3 Å². The van der Waals surface area contributed by atoms with Crippen molar-refractivity contribution in [1.29, 1.82) is 0 Å². The molecule has 0 aliphatic rings. The van der Waals surface area contributed by atoms with Crippen LogP contribution in [0.4, 0.5) is 11.4 Å². The van der Waals surface area contributed by atoms with Crippen LogP contribution in [0.3, 0.4) is 0 Å². The van der Waals surface area contributed by atoms with Gasteiger partial charge in [-0.15, -0.1) is 5.11 Å². The van der Waals surface area contributed by atoms with E-state index in [0.29, 0.717) is 18.7 Å². The molecule has 0 saturated heterocycles. The first kappa shape index (κ1) is 27.1. The summed E-state index contributed by atoms with van der Waals surface area (Å²) in [5, 5.41) is 11.6. The van der Waals surface area contributed by atoms with Gasteiger partial charge in [-0.05, 0) is 43.7 Å². The second-order valence-corrected chi connectivity index (χ2v) is 6.27. The van der Waals surface area contributed by atoms with Crippen LogP contribution in [-0.4, -0.2) is 50.7 Å². The van der Waals surface area contributed by atoms with Gasteiger partial charge < -0.3 is 26.0 Å². The van der Waals surface area contributed by atoms with E-state index in [1.165, 1.54) is 0 Å². The number of aliphatic carboxylic acids is 1. The molecule has 12 heteroatoms. The molecule has 0 unspecified atom stereocenters. The third-order valence-corrected chi connectivity index (χ3v) is 3.19. The maximum atomic E-state index is 10.2. The van der Waals surface area contributed by atoms with Crippen molar-refractivity contribution in [3.8, 4) is 0 Å². The van der Waals surface area contributed by atoms with Gasteiger partial charge in [-0.3, -0.25) is 4.79 Å². The van der Waals surface area contributed by atoms with Gasteiger partial charge in [0.1, 0.15) is 6.04 Å². The van der Waals surface area contributed by atoms with Crippen LogP contribution in [0, 0.1) is 0 Å². The fourth-order valence-electron chi connectivity index (χ4n) is 1.55. The zero-order valence-electron chi connectivity index (χ0n) is 15.2. The summed E-state index contributed by atoms with van der Waals surface area (Å²) in [4.78, 5) is 12.0. The third-order valence-electron chi connectivity index (χ3n) is 2.91. The smallest absolute Gasteiger partial charge is 0.728 e. The molecule has 0 saturated carbocycles. The predicted octanol–water partition coefficient (Wildman–Crippen LogP) is -2.17. The molecule has 0 aromatic heterocycles. The summed E-state index contributed by atoms with van der Waals surface area (Å²) < 4.78 is 33.1. The minimum atomic E-state index is -4.65. The Morgan fingerprint density at radius 1 is 1.27 bits per heavy atom. The summed E-state index contributed by atoms with van der Waals surface area (Å²) in [6, 6.07) is 5.91. The van der Waals surface area contributed by atoms with Crippen LogP contribution in [0.15, 0.2) is 33.9 Å². The normalized spacial score (nSPS) is 11.9. The Kier molecular flexibility index (Phi) is 14.7. The number of nitrogens with two attached hydrogens (primary N) is 2. The number of hydrogen-bond acceptors (Lipinski definition) is 8. The molecule has 1 atom stereocenters. The molecule has 10 nitrogen and oxygen atoms in total. The van der Waals surface area contributed by atoms with E-state index in [4.69, 9.17) is 16.6 Å². The summed E-state index contributed by atoms with van der Waals surface area (Å²) >= 11 is 0. The molecule has 0 bridgehead atoms. The predicted molar refractivity (Wildman–Crippen MR) is 93.5 cm³/mol. The number of rotatable bonds is 8. The average Bonchev–Trinajstić information content (AvgIpc) is 2.53. The number of unbranched alkanes of at least 4 members (excludes halogenated alkanes) is 1. The van der Waals surface area contributed by atoms with Crippen molar-refractivity contribution < 1.29 is 52.4 Å². The van der Waals surface area contributed by atoms with E-state index in [0.717, 1.165) is 18.5 Å². The Hall–Kier alpha value is -1.08. The standard InChI is InChI=1S/C8H11N3O3S.C6H14N2O2.Na/c1-11(2)8-5-3-7(4-6-8)9-10-15(12,13)14;7-4-2-1-3-5(8)6(9)10;/h3-6H,1-2H3,(H,12,13,14);5H,1-4,7-8H2,(H,9,10);/q;;+1/p-1/b10-9+;;/t;5-;/m.0./s1. The van der Waals surface area contributed by atoms with Gasteiger partial charge in [-0.1, -0.05) is 10.9 Å². The maximum absolute atomic E-state index is 10.2. The molecular weight excluding hydrogens is 373 g/mol. The Morgan fingerprint density at radius 2 is 1.81 bits per heavy atom. The molecule has 26 heavy (non-hydrogen) atoms. The van der Waals surface area contributed by atoms with Gasteiger partial charge in [-0.2, -0.15) is 0 Å². The van der Waals surface area contributed by atoms with Gasteiger partial charge in [-0.25, -0.2) is 8.42 Å². The van der Waals surface area contributed by atoms with Crippen molar-refractivity contribution >= 4 is 27.6 Å². The van der Waals surface area contributed by atoms with E-state index in [1.807, 2.05) is 19.0 Å². The molecule has 1 rings (SSSR count). The van der Waals surface area contributed by atoms with Gasteiger partial charge in [0.05, 0.1) is 5.69 Å². The van der Waals surface area contributed by atoms with E-state index in [2.05, 4.69) is 9.63 Å². The van der Waals surface area contributed by atoms with E-state index < -0.39 is 22.3 Å². The Morgan fingerprint density at radius 3 is 2.19 bits per heavy atom. The van der Waals surface area contributed by atoms with Gasteiger partial charge >= 0.3 is 35.5 Å². The van der Waals surface area contributed by atoms with E-state index in [1.54, 1.807) is 24.3 Å². The van der Waals surface area contributed by atoms with Crippen molar-refractivity contribution in [3.05, 3.63) is 24.3 Å².